The number of rotatable bonds is 5. The summed E-state index contributed by atoms with van der Waals surface area (Å²) in [4.78, 5) is 2.44. The molecule has 1 saturated heterocycles. The number of para-hydroxylation sites is 1. The smallest absolute Gasteiger partial charge is 0.165 e. The molecule has 0 saturated carbocycles. The number of methoxy groups -OCH3 is 2. The zero-order valence-corrected chi connectivity index (χ0v) is 15.0. The van der Waals surface area contributed by atoms with Crippen molar-refractivity contribution in [1.82, 2.24) is 4.90 Å². The van der Waals surface area contributed by atoms with Gasteiger partial charge < -0.3 is 9.47 Å². The summed E-state index contributed by atoms with van der Waals surface area (Å²) in [5.74, 6) is 1.37. The summed E-state index contributed by atoms with van der Waals surface area (Å²) in [6.45, 7) is 1.77. The van der Waals surface area contributed by atoms with Crippen molar-refractivity contribution in [2.75, 3.05) is 20.8 Å². The summed E-state index contributed by atoms with van der Waals surface area (Å²) in [5, 5.41) is 0. The molecule has 0 aliphatic carbocycles. The first-order valence-corrected chi connectivity index (χ1v) is 8.92. The van der Waals surface area contributed by atoms with Gasteiger partial charge in [-0.15, -0.1) is 0 Å². The highest BCUT2D eigenvalue weighted by atomic mass is 19.1. The molecule has 0 aromatic heterocycles. The molecule has 1 fully saturated rings. The molecule has 3 rings (SSSR count). The van der Waals surface area contributed by atoms with Crippen LogP contribution in [0.1, 0.15) is 42.9 Å². The van der Waals surface area contributed by atoms with Crippen LogP contribution >= 0.6 is 0 Å². The second-order valence-corrected chi connectivity index (χ2v) is 6.54. The van der Waals surface area contributed by atoms with Crippen LogP contribution in [0.5, 0.6) is 11.5 Å². The number of nitrogens with zero attached hydrogens (tertiary/aromatic N) is 1. The molecule has 4 heteroatoms. The third-order valence-corrected chi connectivity index (χ3v) is 4.96. The Bertz CT molecular complexity index is 704. The molecular formula is C21H26FNO2. The average Bonchev–Trinajstić information content (AvgIpc) is 2.87. The van der Waals surface area contributed by atoms with Gasteiger partial charge in [0, 0.05) is 18.2 Å². The van der Waals surface area contributed by atoms with E-state index in [0.29, 0.717) is 0 Å². The lowest BCUT2D eigenvalue weighted by molar-refractivity contribution is 0.189. The van der Waals surface area contributed by atoms with Crippen molar-refractivity contribution >= 4 is 0 Å². The molecule has 0 bridgehead atoms. The van der Waals surface area contributed by atoms with Crippen molar-refractivity contribution in [2.45, 2.75) is 38.3 Å². The fourth-order valence-electron chi connectivity index (χ4n) is 3.75. The lowest BCUT2D eigenvalue weighted by Gasteiger charge is -2.31. The van der Waals surface area contributed by atoms with E-state index in [1.807, 2.05) is 18.2 Å². The summed E-state index contributed by atoms with van der Waals surface area (Å²) in [7, 11) is 3.33. The maximum absolute atomic E-state index is 13.7. The van der Waals surface area contributed by atoms with Gasteiger partial charge in [0.15, 0.2) is 11.5 Å². The highest BCUT2D eigenvalue weighted by Crippen LogP contribution is 2.36. The standard InChI is InChI=1S/C21H26FNO2/c1-24-20-12-7-9-17(21(20)25-2)15-23-13-5-3-4-11-19(23)16-8-6-10-18(22)14-16/h6-10,12,14,19H,3-5,11,13,15H2,1-2H3/t19-/m0/s1. The highest BCUT2D eigenvalue weighted by molar-refractivity contribution is 5.46. The summed E-state index contributed by atoms with van der Waals surface area (Å²) < 4.78 is 24.8. The topological polar surface area (TPSA) is 21.7 Å². The number of hydrogen-bond donors (Lipinski definition) is 0. The van der Waals surface area contributed by atoms with Crippen molar-refractivity contribution in [3.8, 4) is 11.5 Å². The van der Waals surface area contributed by atoms with E-state index in [-0.39, 0.29) is 11.9 Å². The molecule has 3 nitrogen and oxygen atoms in total. The summed E-state index contributed by atoms with van der Waals surface area (Å²) >= 11 is 0. The maximum Gasteiger partial charge on any atom is 0.165 e. The molecule has 2 aromatic rings. The first-order chi connectivity index (χ1) is 12.2. The molecule has 1 atom stereocenters. The minimum Gasteiger partial charge on any atom is -0.493 e. The SMILES string of the molecule is COc1cccc(CN2CCCCC[C@H]2c2cccc(F)c2)c1OC. The molecule has 25 heavy (non-hydrogen) atoms. The second-order valence-electron chi connectivity index (χ2n) is 6.54. The van der Waals surface area contributed by atoms with Gasteiger partial charge in [0.05, 0.1) is 14.2 Å². The normalized spacial score (nSPS) is 18.6. The Balaban J connectivity index is 1.90. The molecular weight excluding hydrogens is 317 g/mol. The Morgan fingerprint density at radius 2 is 1.88 bits per heavy atom. The Morgan fingerprint density at radius 3 is 2.64 bits per heavy atom. The predicted octanol–water partition coefficient (Wildman–Crippen LogP) is 4.96. The zero-order valence-electron chi connectivity index (χ0n) is 15.0. The number of benzene rings is 2. The Hall–Kier alpha value is -2.07. The Morgan fingerprint density at radius 1 is 1.04 bits per heavy atom. The van der Waals surface area contributed by atoms with Crippen LogP contribution in [-0.4, -0.2) is 25.7 Å². The molecule has 2 aromatic carbocycles. The molecule has 0 amide bonds. The van der Waals surface area contributed by atoms with E-state index in [1.54, 1.807) is 26.4 Å². The van der Waals surface area contributed by atoms with Crippen LogP contribution in [0.15, 0.2) is 42.5 Å². The van der Waals surface area contributed by atoms with Gasteiger partial charge in [-0.2, -0.15) is 0 Å². The van der Waals surface area contributed by atoms with Crippen molar-refractivity contribution in [1.29, 1.82) is 0 Å². The minimum atomic E-state index is -0.166. The number of hydrogen-bond acceptors (Lipinski definition) is 3. The van der Waals surface area contributed by atoms with Crippen LogP contribution in [0.4, 0.5) is 4.39 Å². The quantitative estimate of drug-likeness (QED) is 0.766. The van der Waals surface area contributed by atoms with Crippen LogP contribution < -0.4 is 9.47 Å². The van der Waals surface area contributed by atoms with Crippen molar-refractivity contribution < 1.29 is 13.9 Å². The lowest BCUT2D eigenvalue weighted by atomic mass is 10.00. The van der Waals surface area contributed by atoms with E-state index in [0.717, 1.165) is 48.6 Å². The number of ether oxygens (including phenoxy) is 2. The van der Waals surface area contributed by atoms with E-state index >= 15 is 0 Å². The monoisotopic (exact) mass is 343 g/mol. The van der Waals surface area contributed by atoms with Crippen LogP contribution in [0.3, 0.4) is 0 Å². The van der Waals surface area contributed by atoms with Gasteiger partial charge in [0.2, 0.25) is 0 Å². The van der Waals surface area contributed by atoms with E-state index in [1.165, 1.54) is 18.9 Å². The Labute approximate surface area is 149 Å². The highest BCUT2D eigenvalue weighted by Gasteiger charge is 2.24. The number of likely N-dealkylation sites (tertiary alicyclic amines) is 1. The van der Waals surface area contributed by atoms with Gasteiger partial charge in [-0.05, 0) is 43.1 Å². The first kappa shape index (κ1) is 17.7. The van der Waals surface area contributed by atoms with E-state index < -0.39 is 0 Å². The Kier molecular flexibility index (Phi) is 5.92. The van der Waals surface area contributed by atoms with Crippen molar-refractivity contribution in [3.63, 3.8) is 0 Å². The molecule has 0 N–H and O–H groups in total. The third kappa shape index (κ3) is 4.13. The van der Waals surface area contributed by atoms with Gasteiger partial charge in [-0.25, -0.2) is 4.39 Å². The fourth-order valence-corrected chi connectivity index (χ4v) is 3.75. The number of halogens is 1. The third-order valence-electron chi connectivity index (χ3n) is 4.96. The molecule has 0 spiro atoms. The van der Waals surface area contributed by atoms with Crippen LogP contribution in [-0.2, 0) is 6.54 Å². The van der Waals surface area contributed by atoms with Crippen LogP contribution in [0.25, 0.3) is 0 Å². The van der Waals surface area contributed by atoms with Crippen LogP contribution in [0, 0.1) is 5.82 Å². The molecule has 0 unspecified atom stereocenters. The summed E-state index contributed by atoms with van der Waals surface area (Å²) in [6.07, 6.45) is 4.61. The summed E-state index contributed by atoms with van der Waals surface area (Å²) in [5.41, 5.74) is 2.16. The van der Waals surface area contributed by atoms with Gasteiger partial charge in [-0.3, -0.25) is 4.90 Å². The molecule has 0 radical (unpaired) electrons. The molecule has 1 heterocycles. The fraction of sp³-hybridized carbons (Fsp3) is 0.429. The molecule has 1 aliphatic heterocycles. The van der Waals surface area contributed by atoms with Gasteiger partial charge in [-0.1, -0.05) is 37.1 Å². The van der Waals surface area contributed by atoms with Gasteiger partial charge in [0.1, 0.15) is 5.82 Å². The van der Waals surface area contributed by atoms with Crippen molar-refractivity contribution in [2.24, 2.45) is 0 Å². The molecule has 1 aliphatic rings. The van der Waals surface area contributed by atoms with Gasteiger partial charge in [0.25, 0.3) is 0 Å². The average molecular weight is 343 g/mol. The first-order valence-electron chi connectivity index (χ1n) is 8.92. The van der Waals surface area contributed by atoms with Crippen molar-refractivity contribution in [3.05, 3.63) is 59.4 Å². The van der Waals surface area contributed by atoms with Crippen LogP contribution in [0.2, 0.25) is 0 Å². The summed E-state index contributed by atoms with van der Waals surface area (Å²) in [6, 6.07) is 13.2. The van der Waals surface area contributed by atoms with E-state index in [4.69, 9.17) is 9.47 Å². The van der Waals surface area contributed by atoms with E-state index in [9.17, 15) is 4.39 Å². The largest absolute Gasteiger partial charge is 0.493 e. The molecule has 134 valence electrons. The van der Waals surface area contributed by atoms with E-state index in [2.05, 4.69) is 11.0 Å². The predicted molar refractivity (Wildman–Crippen MR) is 97.6 cm³/mol. The maximum atomic E-state index is 13.7. The lowest BCUT2D eigenvalue weighted by Crippen LogP contribution is -2.28. The zero-order chi connectivity index (χ0) is 17.6. The minimum absolute atomic E-state index is 0.166. The second kappa shape index (κ2) is 8.34. The van der Waals surface area contributed by atoms with Gasteiger partial charge >= 0.3 is 0 Å².